The Hall–Kier alpha value is -0.940. The summed E-state index contributed by atoms with van der Waals surface area (Å²) in [6.07, 6.45) is 3.83. The molecule has 1 N–H and O–H groups in total. The summed E-state index contributed by atoms with van der Waals surface area (Å²) in [5.74, 6) is 1.37. The second-order valence-corrected chi connectivity index (χ2v) is 4.84. The minimum Gasteiger partial charge on any atom is -0.370 e. The van der Waals surface area contributed by atoms with Gasteiger partial charge in [0.2, 0.25) is 11.7 Å². The zero-order chi connectivity index (χ0) is 14.1. The lowest BCUT2D eigenvalue weighted by atomic mass is 10.2. The highest BCUT2D eigenvalue weighted by atomic mass is 16.5. The van der Waals surface area contributed by atoms with Crippen molar-refractivity contribution in [1.82, 2.24) is 15.5 Å². The van der Waals surface area contributed by atoms with Crippen molar-refractivity contribution >= 4 is 0 Å². The number of hydrogen-bond donors (Lipinski definition) is 1. The van der Waals surface area contributed by atoms with E-state index in [1.165, 1.54) is 0 Å². The van der Waals surface area contributed by atoms with Crippen LogP contribution in [0, 0.1) is 0 Å². The predicted molar refractivity (Wildman–Crippen MR) is 75.0 cm³/mol. The molecule has 1 rings (SSSR count). The fourth-order valence-corrected chi connectivity index (χ4v) is 1.96. The van der Waals surface area contributed by atoms with Crippen LogP contribution in [0.15, 0.2) is 4.52 Å². The van der Waals surface area contributed by atoms with Gasteiger partial charge in [0.1, 0.15) is 6.10 Å². The van der Waals surface area contributed by atoms with Crippen LogP contribution in [0.3, 0.4) is 0 Å². The van der Waals surface area contributed by atoms with Crippen molar-refractivity contribution in [3.05, 3.63) is 11.7 Å². The van der Waals surface area contributed by atoms with Crippen LogP contribution in [0.1, 0.15) is 64.8 Å². The summed E-state index contributed by atoms with van der Waals surface area (Å²) >= 11 is 0. The summed E-state index contributed by atoms with van der Waals surface area (Å²) in [5.41, 5.74) is 0. The van der Waals surface area contributed by atoms with Gasteiger partial charge in [0.05, 0.1) is 0 Å². The fourth-order valence-electron chi connectivity index (χ4n) is 1.96. The third-order valence-corrected chi connectivity index (χ3v) is 2.91. The maximum atomic E-state index is 5.65. The van der Waals surface area contributed by atoms with Crippen LogP contribution < -0.4 is 5.32 Å². The molecule has 0 saturated heterocycles. The summed E-state index contributed by atoms with van der Waals surface area (Å²) in [6, 6.07) is 0.352. The molecule has 5 nitrogen and oxygen atoms in total. The lowest BCUT2D eigenvalue weighted by Crippen LogP contribution is -2.28. The quantitative estimate of drug-likeness (QED) is 0.707. The van der Waals surface area contributed by atoms with Crippen LogP contribution in [0.2, 0.25) is 0 Å². The highest BCUT2D eigenvalue weighted by Gasteiger charge is 2.18. The Bertz CT molecular complexity index is 335. The molecular formula is C14H27N3O2. The van der Waals surface area contributed by atoms with Crippen molar-refractivity contribution in [3.63, 3.8) is 0 Å². The molecule has 1 heterocycles. The summed E-state index contributed by atoms with van der Waals surface area (Å²) < 4.78 is 11.0. The van der Waals surface area contributed by atoms with Crippen molar-refractivity contribution in [2.24, 2.45) is 0 Å². The van der Waals surface area contributed by atoms with Gasteiger partial charge in [-0.3, -0.25) is 0 Å². The minimum atomic E-state index is -0.0357. The Morgan fingerprint density at radius 1 is 1.26 bits per heavy atom. The number of nitrogens with zero attached hydrogens (tertiary/aromatic N) is 2. The average molecular weight is 269 g/mol. The van der Waals surface area contributed by atoms with Gasteiger partial charge in [0.15, 0.2) is 0 Å². The normalized spacial score (nSPS) is 14.5. The first-order chi connectivity index (χ1) is 9.21. The van der Waals surface area contributed by atoms with Gasteiger partial charge in [0.25, 0.3) is 0 Å². The Morgan fingerprint density at radius 3 is 2.68 bits per heavy atom. The minimum absolute atomic E-state index is 0.0357. The molecule has 0 radical (unpaired) electrons. The van der Waals surface area contributed by atoms with Crippen molar-refractivity contribution < 1.29 is 9.26 Å². The van der Waals surface area contributed by atoms with E-state index in [4.69, 9.17) is 9.26 Å². The van der Waals surface area contributed by atoms with E-state index < -0.39 is 0 Å². The van der Waals surface area contributed by atoms with Gasteiger partial charge in [-0.25, -0.2) is 0 Å². The fraction of sp³-hybridized carbons (Fsp3) is 0.857. The monoisotopic (exact) mass is 269 g/mol. The smallest absolute Gasteiger partial charge is 0.228 e. The third-order valence-electron chi connectivity index (χ3n) is 2.91. The van der Waals surface area contributed by atoms with Gasteiger partial charge in [0, 0.05) is 19.1 Å². The van der Waals surface area contributed by atoms with Crippen LogP contribution in [0.5, 0.6) is 0 Å². The van der Waals surface area contributed by atoms with Gasteiger partial charge < -0.3 is 14.6 Å². The summed E-state index contributed by atoms with van der Waals surface area (Å²) in [4.78, 5) is 4.45. The zero-order valence-corrected chi connectivity index (χ0v) is 12.6. The molecule has 19 heavy (non-hydrogen) atoms. The molecule has 0 aliphatic heterocycles. The van der Waals surface area contributed by atoms with Crippen molar-refractivity contribution in [1.29, 1.82) is 0 Å². The Labute approximate surface area is 116 Å². The topological polar surface area (TPSA) is 60.2 Å². The summed E-state index contributed by atoms with van der Waals surface area (Å²) in [6.45, 7) is 10.1. The molecule has 0 fully saturated rings. The van der Waals surface area contributed by atoms with E-state index in [0.717, 1.165) is 32.2 Å². The number of aromatic nitrogens is 2. The van der Waals surface area contributed by atoms with Crippen molar-refractivity contribution in [2.75, 3.05) is 13.2 Å². The molecular weight excluding hydrogens is 242 g/mol. The number of hydrogen-bond acceptors (Lipinski definition) is 5. The van der Waals surface area contributed by atoms with Gasteiger partial charge in [-0.15, -0.1) is 0 Å². The molecule has 0 saturated carbocycles. The van der Waals surface area contributed by atoms with E-state index in [-0.39, 0.29) is 6.10 Å². The Balaban J connectivity index is 2.54. The summed E-state index contributed by atoms with van der Waals surface area (Å²) in [5, 5.41) is 7.46. The maximum absolute atomic E-state index is 5.65. The first-order valence-corrected chi connectivity index (χ1v) is 7.38. The second-order valence-electron chi connectivity index (χ2n) is 4.84. The molecule has 2 atom stereocenters. The number of ether oxygens (including phenoxy) is 1. The van der Waals surface area contributed by atoms with Crippen LogP contribution in [-0.2, 0) is 11.2 Å². The number of rotatable bonds is 10. The molecule has 0 spiro atoms. The molecule has 1 aromatic heterocycles. The van der Waals surface area contributed by atoms with E-state index in [2.05, 4.69) is 36.2 Å². The van der Waals surface area contributed by atoms with E-state index in [0.29, 0.717) is 24.4 Å². The van der Waals surface area contributed by atoms with E-state index in [9.17, 15) is 0 Å². The van der Waals surface area contributed by atoms with Crippen LogP contribution >= 0.6 is 0 Å². The lowest BCUT2D eigenvalue weighted by molar-refractivity contribution is 0.0478. The van der Waals surface area contributed by atoms with E-state index >= 15 is 0 Å². The molecule has 5 heteroatoms. The van der Waals surface area contributed by atoms with Crippen LogP contribution in [-0.4, -0.2) is 29.3 Å². The molecule has 2 unspecified atom stereocenters. The first kappa shape index (κ1) is 16.1. The first-order valence-electron chi connectivity index (χ1n) is 7.38. The third kappa shape index (κ3) is 5.70. The molecule has 0 aliphatic carbocycles. The van der Waals surface area contributed by atoms with Gasteiger partial charge in [-0.05, 0) is 33.2 Å². The molecule has 1 aromatic rings. The van der Waals surface area contributed by atoms with Crippen molar-refractivity contribution in [3.8, 4) is 0 Å². The molecule has 0 aliphatic rings. The molecule has 0 aromatic carbocycles. The van der Waals surface area contributed by atoms with Gasteiger partial charge in [-0.1, -0.05) is 25.4 Å². The van der Waals surface area contributed by atoms with Crippen LogP contribution in [0.4, 0.5) is 0 Å². The van der Waals surface area contributed by atoms with Gasteiger partial charge in [-0.2, -0.15) is 4.98 Å². The van der Waals surface area contributed by atoms with Gasteiger partial charge >= 0.3 is 0 Å². The number of nitrogens with one attached hydrogen (secondary N) is 1. The highest BCUT2D eigenvalue weighted by Crippen LogP contribution is 2.20. The van der Waals surface area contributed by atoms with E-state index in [1.54, 1.807) is 0 Å². The highest BCUT2D eigenvalue weighted by molar-refractivity contribution is 4.93. The maximum Gasteiger partial charge on any atom is 0.228 e. The van der Waals surface area contributed by atoms with Crippen molar-refractivity contribution in [2.45, 2.75) is 65.5 Å². The lowest BCUT2D eigenvalue weighted by Gasteiger charge is -2.11. The molecule has 0 amide bonds. The molecule has 110 valence electrons. The average Bonchev–Trinajstić information content (AvgIpc) is 2.84. The largest absolute Gasteiger partial charge is 0.370 e. The molecule has 0 bridgehead atoms. The Morgan fingerprint density at radius 2 is 2.05 bits per heavy atom. The standard InChI is InChI=1S/C14H27N3O2/c1-5-8-12(18-7-3)14-16-13(19-17-14)10-11(4)15-9-6-2/h11-12,15H,5-10H2,1-4H3. The SMILES string of the molecule is CCCNC(C)Cc1nc(C(CCC)OCC)no1. The van der Waals surface area contributed by atoms with E-state index in [1.807, 2.05) is 6.92 Å². The summed E-state index contributed by atoms with van der Waals surface area (Å²) in [7, 11) is 0. The predicted octanol–water partition coefficient (Wildman–Crippen LogP) is 2.88. The second kappa shape index (κ2) is 9.04. The van der Waals surface area contributed by atoms with Crippen LogP contribution in [0.25, 0.3) is 0 Å². The zero-order valence-electron chi connectivity index (χ0n) is 12.6. The Kier molecular flexibility index (Phi) is 7.67.